The number of carbonyl (C=O) groups excluding carboxylic acids is 1. The zero-order chi connectivity index (χ0) is 23.9. The minimum atomic E-state index is -3.98. The van der Waals surface area contributed by atoms with E-state index in [4.69, 9.17) is 4.74 Å². The van der Waals surface area contributed by atoms with Crippen LogP contribution in [0.1, 0.15) is 38.7 Å². The second kappa shape index (κ2) is 8.33. The van der Waals surface area contributed by atoms with Crippen molar-refractivity contribution < 1.29 is 22.3 Å². The summed E-state index contributed by atoms with van der Waals surface area (Å²) in [6.45, 7) is 5.21. The Hall–Kier alpha value is -3.14. The number of hydrogen-bond donors (Lipinski definition) is 1. The molecule has 8 nitrogen and oxygen atoms in total. The summed E-state index contributed by atoms with van der Waals surface area (Å²) in [5.74, 6) is -1.61. The molecule has 3 unspecified atom stereocenters. The van der Waals surface area contributed by atoms with Gasteiger partial charge >= 0.3 is 0 Å². The number of carbonyl (C=O) groups is 1. The number of benzene rings is 1. The Morgan fingerprint density at radius 2 is 2.12 bits per heavy atom. The van der Waals surface area contributed by atoms with Crippen molar-refractivity contribution in [2.45, 2.75) is 49.5 Å². The van der Waals surface area contributed by atoms with E-state index in [0.717, 1.165) is 0 Å². The zero-order valence-electron chi connectivity index (χ0n) is 18.5. The van der Waals surface area contributed by atoms with Gasteiger partial charge in [-0.1, -0.05) is 13.0 Å². The zero-order valence-corrected chi connectivity index (χ0v) is 19.3. The van der Waals surface area contributed by atoms with E-state index in [1.165, 1.54) is 49.9 Å². The lowest BCUT2D eigenvalue weighted by molar-refractivity contribution is -0.116. The van der Waals surface area contributed by atoms with Crippen molar-refractivity contribution in [1.82, 2.24) is 9.97 Å². The predicted octanol–water partition coefficient (Wildman–Crippen LogP) is 3.08. The minimum Gasteiger partial charge on any atom is -0.488 e. The largest absolute Gasteiger partial charge is 0.488 e. The van der Waals surface area contributed by atoms with Crippen molar-refractivity contribution in [3.05, 3.63) is 60.3 Å². The van der Waals surface area contributed by atoms with Crippen molar-refractivity contribution in [1.29, 1.82) is 0 Å². The Balaban J connectivity index is 1.89. The smallest absolute Gasteiger partial charge is 0.246 e. The van der Waals surface area contributed by atoms with Crippen molar-refractivity contribution in [3.8, 4) is 5.75 Å². The molecule has 0 saturated heterocycles. The molecule has 1 N–H and O–H groups in total. The number of nitrogens with zero attached hydrogens (tertiary/aromatic N) is 3. The molecule has 0 saturated carbocycles. The lowest BCUT2D eigenvalue weighted by Crippen LogP contribution is -2.56. The molecular formula is C23H25FN4O4S. The van der Waals surface area contributed by atoms with E-state index < -0.39 is 43.9 Å². The summed E-state index contributed by atoms with van der Waals surface area (Å²) in [7, 11) is -3.98. The molecule has 10 heteroatoms. The minimum absolute atomic E-state index is 0.124. The number of nitrogens with one attached hydrogen (secondary N) is 1. The fourth-order valence-electron chi connectivity index (χ4n) is 4.58. The summed E-state index contributed by atoms with van der Waals surface area (Å²) in [6.07, 6.45) is 9.21. The first kappa shape index (κ1) is 23.0. The number of halogens is 1. The SMILES string of the molecule is CCS(=O)(=O)C(C(=O)Nc1cnccn1)C1(C2CC(C)(C)Oc3ccc(F)cc32)C=CC=N1. The highest BCUT2D eigenvalue weighted by Gasteiger charge is 2.57. The van der Waals surface area contributed by atoms with Crippen LogP contribution in [-0.4, -0.2) is 52.7 Å². The van der Waals surface area contributed by atoms with Crippen LogP contribution >= 0.6 is 0 Å². The van der Waals surface area contributed by atoms with E-state index in [9.17, 15) is 17.6 Å². The molecule has 1 aromatic carbocycles. The van der Waals surface area contributed by atoms with Crippen LogP contribution in [-0.2, 0) is 14.6 Å². The molecule has 2 aliphatic heterocycles. The number of fused-ring (bicyclic) bond motifs is 1. The maximum absolute atomic E-state index is 14.3. The van der Waals surface area contributed by atoms with Gasteiger partial charge in [-0.15, -0.1) is 0 Å². The molecule has 0 aliphatic carbocycles. The molecule has 174 valence electrons. The number of allylic oxidation sites excluding steroid dienone is 1. The molecular weight excluding hydrogens is 447 g/mol. The van der Waals surface area contributed by atoms with Crippen LogP contribution in [0.15, 0.2) is 53.9 Å². The van der Waals surface area contributed by atoms with Gasteiger partial charge in [0.1, 0.15) is 22.7 Å². The molecule has 33 heavy (non-hydrogen) atoms. The molecule has 1 aromatic heterocycles. The Kier molecular flexibility index (Phi) is 5.81. The van der Waals surface area contributed by atoms with Gasteiger partial charge in [-0.2, -0.15) is 0 Å². The van der Waals surface area contributed by atoms with E-state index in [-0.39, 0.29) is 11.6 Å². The van der Waals surface area contributed by atoms with Crippen molar-refractivity contribution >= 4 is 27.8 Å². The Morgan fingerprint density at radius 3 is 2.76 bits per heavy atom. The number of aromatic nitrogens is 2. The van der Waals surface area contributed by atoms with E-state index in [0.29, 0.717) is 17.7 Å². The lowest BCUT2D eigenvalue weighted by atomic mass is 9.70. The quantitative estimate of drug-likeness (QED) is 0.692. The van der Waals surface area contributed by atoms with Crippen LogP contribution in [0.2, 0.25) is 0 Å². The summed E-state index contributed by atoms with van der Waals surface area (Å²) in [4.78, 5) is 26.0. The molecule has 0 spiro atoms. The van der Waals surface area contributed by atoms with Gasteiger partial charge in [0.05, 0.1) is 6.20 Å². The van der Waals surface area contributed by atoms with Gasteiger partial charge in [0, 0.05) is 35.8 Å². The number of ether oxygens (including phenoxy) is 1. The molecule has 3 heterocycles. The average Bonchev–Trinajstić information content (AvgIpc) is 3.24. The lowest BCUT2D eigenvalue weighted by Gasteiger charge is -2.46. The van der Waals surface area contributed by atoms with E-state index >= 15 is 0 Å². The molecule has 3 atom stereocenters. The monoisotopic (exact) mass is 472 g/mol. The van der Waals surface area contributed by atoms with Crippen molar-refractivity contribution in [2.24, 2.45) is 4.99 Å². The third-order valence-corrected chi connectivity index (χ3v) is 8.08. The second-order valence-electron chi connectivity index (χ2n) is 8.74. The van der Waals surface area contributed by atoms with Crippen molar-refractivity contribution in [3.63, 3.8) is 0 Å². The maximum Gasteiger partial charge on any atom is 0.246 e. The average molecular weight is 473 g/mol. The fourth-order valence-corrected chi connectivity index (χ4v) is 6.17. The third kappa shape index (κ3) is 4.27. The summed E-state index contributed by atoms with van der Waals surface area (Å²) < 4.78 is 47.1. The number of hydrogen-bond acceptors (Lipinski definition) is 7. The van der Waals surface area contributed by atoms with Crippen molar-refractivity contribution in [2.75, 3.05) is 11.1 Å². The Bertz CT molecular complexity index is 1220. The predicted molar refractivity (Wildman–Crippen MR) is 123 cm³/mol. The first-order chi connectivity index (χ1) is 15.6. The first-order valence-corrected chi connectivity index (χ1v) is 12.3. The molecule has 0 fully saturated rings. The number of sulfone groups is 1. The van der Waals surface area contributed by atoms with Crippen LogP contribution < -0.4 is 10.1 Å². The summed E-state index contributed by atoms with van der Waals surface area (Å²) >= 11 is 0. The van der Waals surface area contributed by atoms with Gasteiger partial charge < -0.3 is 10.1 Å². The second-order valence-corrected chi connectivity index (χ2v) is 11.1. The van der Waals surface area contributed by atoms with Crippen LogP contribution in [0.4, 0.5) is 10.2 Å². The molecule has 1 amide bonds. The van der Waals surface area contributed by atoms with Gasteiger partial charge in [-0.3, -0.25) is 14.8 Å². The van der Waals surface area contributed by atoms with Crippen LogP contribution in [0.25, 0.3) is 0 Å². The van der Waals surface area contributed by atoms with E-state index in [1.807, 2.05) is 13.8 Å². The number of amides is 1. The topological polar surface area (TPSA) is 111 Å². The van der Waals surface area contributed by atoms with Gasteiger partial charge in [0.15, 0.2) is 20.9 Å². The Morgan fingerprint density at radius 1 is 1.33 bits per heavy atom. The first-order valence-electron chi connectivity index (χ1n) is 10.6. The van der Waals surface area contributed by atoms with E-state index in [1.54, 1.807) is 12.2 Å². The molecule has 4 rings (SSSR count). The Labute approximate surface area is 191 Å². The molecule has 2 aliphatic rings. The standard InChI is InChI=1S/C23H25FN4O4S/c1-4-33(30,31)20(21(29)28-19-14-25-10-11-26-19)23(8-5-9-27-23)17-13-22(2,3)32-18-7-6-15(24)12-16(17)18/h5-12,14,17,20H,4,13H2,1-3H3,(H,26,28,29). The van der Waals surface area contributed by atoms with Gasteiger partial charge in [-0.05, 0) is 44.5 Å². The maximum atomic E-state index is 14.3. The van der Waals surface area contributed by atoms with E-state index in [2.05, 4.69) is 20.3 Å². The third-order valence-electron chi connectivity index (χ3n) is 5.97. The molecule has 2 aromatic rings. The van der Waals surface area contributed by atoms with Gasteiger partial charge in [-0.25, -0.2) is 17.8 Å². The highest BCUT2D eigenvalue weighted by Crippen LogP contribution is 2.51. The summed E-state index contributed by atoms with van der Waals surface area (Å²) in [6, 6.07) is 4.14. The van der Waals surface area contributed by atoms with Crippen LogP contribution in [0, 0.1) is 5.82 Å². The summed E-state index contributed by atoms with van der Waals surface area (Å²) in [5.41, 5.74) is -1.72. The molecule has 0 radical (unpaired) electrons. The highest BCUT2D eigenvalue weighted by molar-refractivity contribution is 7.92. The normalized spacial score (nSPS) is 24.1. The number of aliphatic imine (C=N–C) groups is 1. The van der Waals surface area contributed by atoms with Gasteiger partial charge in [0.2, 0.25) is 5.91 Å². The fraction of sp³-hybridized carbons (Fsp3) is 0.391. The highest BCUT2D eigenvalue weighted by atomic mass is 32.2. The van der Waals surface area contributed by atoms with Crippen LogP contribution in [0.3, 0.4) is 0 Å². The summed E-state index contributed by atoms with van der Waals surface area (Å²) in [5, 5.41) is 0.993. The van der Waals surface area contributed by atoms with Crippen LogP contribution in [0.5, 0.6) is 5.75 Å². The molecule has 0 bridgehead atoms. The number of anilines is 1. The van der Waals surface area contributed by atoms with Gasteiger partial charge in [0.25, 0.3) is 0 Å². The number of rotatable bonds is 6.